The Labute approximate surface area is 159 Å². The Hall–Kier alpha value is -3.31. The van der Waals surface area contributed by atoms with Gasteiger partial charge in [-0.25, -0.2) is 0 Å². The van der Waals surface area contributed by atoms with Crippen molar-refractivity contribution >= 4 is 11.6 Å². The minimum Gasteiger partial charge on any atom is -0.322 e. The summed E-state index contributed by atoms with van der Waals surface area (Å²) in [5, 5.41) is 9.66. The van der Waals surface area contributed by atoms with Crippen molar-refractivity contribution in [1.82, 2.24) is 19.6 Å². The third-order valence-corrected chi connectivity index (χ3v) is 3.75. The van der Waals surface area contributed by atoms with Gasteiger partial charge in [0.1, 0.15) is 6.54 Å². The molecule has 1 aromatic carbocycles. The average molecular weight is 417 g/mol. The number of amides is 1. The number of carbonyl (C=O) groups excluding carboxylic acids is 1. The maximum Gasteiger partial charge on any atom is 0.435 e. The predicted molar refractivity (Wildman–Crippen MR) is 88.6 cm³/mol. The summed E-state index contributed by atoms with van der Waals surface area (Å²) in [7, 11) is 0. The van der Waals surface area contributed by atoms with E-state index >= 15 is 0 Å². The van der Waals surface area contributed by atoms with E-state index in [-0.39, 0.29) is 12.2 Å². The monoisotopic (exact) mass is 417 g/mol. The predicted octanol–water partition coefficient (Wildman–Crippen LogP) is 3.80. The van der Waals surface area contributed by atoms with E-state index in [9.17, 15) is 31.1 Å². The first kappa shape index (κ1) is 20.4. The lowest BCUT2D eigenvalue weighted by Gasteiger charge is -2.08. The van der Waals surface area contributed by atoms with E-state index < -0.39 is 36.1 Å². The zero-order chi connectivity index (χ0) is 21.2. The van der Waals surface area contributed by atoms with Crippen LogP contribution in [0, 0.1) is 0 Å². The van der Waals surface area contributed by atoms with Crippen LogP contribution in [0.3, 0.4) is 0 Å². The smallest absolute Gasteiger partial charge is 0.322 e. The van der Waals surface area contributed by atoms with Gasteiger partial charge in [0.25, 0.3) is 0 Å². The number of nitrogens with one attached hydrogen (secondary N) is 1. The highest BCUT2D eigenvalue weighted by molar-refractivity contribution is 5.90. The molecule has 3 rings (SSSR count). The molecule has 0 aliphatic heterocycles. The minimum atomic E-state index is -4.60. The zero-order valence-electron chi connectivity index (χ0n) is 14.5. The molecule has 0 atom stereocenters. The number of anilines is 1. The Bertz CT molecular complexity index is 1000. The quantitative estimate of drug-likeness (QED) is 0.643. The van der Waals surface area contributed by atoms with E-state index in [4.69, 9.17) is 0 Å². The molecule has 0 spiro atoms. The molecule has 3 aromatic rings. The highest BCUT2D eigenvalue weighted by Crippen LogP contribution is 2.30. The van der Waals surface area contributed by atoms with Crippen molar-refractivity contribution in [2.24, 2.45) is 0 Å². The van der Waals surface area contributed by atoms with Gasteiger partial charge in [-0.05, 0) is 23.8 Å². The van der Waals surface area contributed by atoms with Gasteiger partial charge in [0.05, 0.1) is 24.0 Å². The SMILES string of the molecule is O=C(Cn1ccc(C(F)(F)F)n1)Nc1cnn(Cc2cccc(C(F)(F)F)c2)c1. The molecular formula is C17H13F6N5O. The van der Waals surface area contributed by atoms with Gasteiger partial charge in [0.15, 0.2) is 5.69 Å². The van der Waals surface area contributed by atoms with E-state index in [1.807, 2.05) is 0 Å². The number of aromatic nitrogens is 4. The van der Waals surface area contributed by atoms with Gasteiger partial charge in [-0.2, -0.15) is 36.5 Å². The maximum atomic E-state index is 12.8. The van der Waals surface area contributed by atoms with E-state index in [1.165, 1.54) is 29.2 Å². The van der Waals surface area contributed by atoms with E-state index in [2.05, 4.69) is 15.5 Å². The first-order valence-corrected chi connectivity index (χ1v) is 8.10. The van der Waals surface area contributed by atoms with E-state index in [0.29, 0.717) is 5.56 Å². The number of hydrogen-bond acceptors (Lipinski definition) is 3. The van der Waals surface area contributed by atoms with E-state index in [1.54, 1.807) is 0 Å². The number of halogens is 6. The van der Waals surface area contributed by atoms with Gasteiger partial charge in [-0.3, -0.25) is 14.2 Å². The molecule has 1 N–H and O–H groups in total. The number of alkyl halides is 6. The number of benzene rings is 1. The van der Waals surface area contributed by atoms with Crippen molar-refractivity contribution in [2.45, 2.75) is 25.4 Å². The van der Waals surface area contributed by atoms with Crippen LogP contribution in [-0.4, -0.2) is 25.5 Å². The molecule has 0 saturated carbocycles. The second-order valence-electron chi connectivity index (χ2n) is 6.07. The molecule has 0 radical (unpaired) electrons. The largest absolute Gasteiger partial charge is 0.435 e. The van der Waals surface area contributed by atoms with Crippen LogP contribution in [0.25, 0.3) is 0 Å². The molecule has 0 fully saturated rings. The molecule has 154 valence electrons. The summed E-state index contributed by atoms with van der Waals surface area (Å²) in [6.07, 6.45) is -5.37. The fourth-order valence-electron chi connectivity index (χ4n) is 2.50. The summed E-state index contributed by atoms with van der Waals surface area (Å²) in [5.41, 5.74) is -1.30. The number of nitrogens with zero attached hydrogens (tertiary/aromatic N) is 4. The van der Waals surface area contributed by atoms with Crippen LogP contribution >= 0.6 is 0 Å². The highest BCUT2D eigenvalue weighted by Gasteiger charge is 2.33. The summed E-state index contributed by atoms with van der Waals surface area (Å²) in [4.78, 5) is 11.9. The molecule has 2 heterocycles. The second-order valence-corrected chi connectivity index (χ2v) is 6.07. The average Bonchev–Trinajstić information content (AvgIpc) is 3.24. The number of carbonyl (C=O) groups is 1. The molecule has 0 aliphatic rings. The lowest BCUT2D eigenvalue weighted by Crippen LogP contribution is -2.19. The maximum absolute atomic E-state index is 12.8. The van der Waals surface area contributed by atoms with Gasteiger partial charge in [-0.1, -0.05) is 12.1 Å². The van der Waals surface area contributed by atoms with Crippen LogP contribution < -0.4 is 5.32 Å². The zero-order valence-corrected chi connectivity index (χ0v) is 14.5. The fourth-order valence-corrected chi connectivity index (χ4v) is 2.50. The molecule has 0 aliphatic carbocycles. The summed E-state index contributed by atoms with van der Waals surface area (Å²) >= 11 is 0. The molecule has 0 saturated heterocycles. The Morgan fingerprint density at radius 3 is 2.45 bits per heavy atom. The normalized spacial score (nSPS) is 12.2. The minimum absolute atomic E-state index is 0.0356. The summed E-state index contributed by atoms with van der Waals surface area (Å²) in [5.74, 6) is -0.638. The van der Waals surface area contributed by atoms with Gasteiger partial charge >= 0.3 is 12.4 Å². The summed E-state index contributed by atoms with van der Waals surface area (Å²) in [6.45, 7) is -0.414. The Morgan fingerprint density at radius 2 is 1.79 bits per heavy atom. The van der Waals surface area contributed by atoms with Crippen molar-refractivity contribution in [3.05, 3.63) is 65.7 Å². The topological polar surface area (TPSA) is 64.7 Å². The van der Waals surface area contributed by atoms with Crippen LogP contribution in [0.1, 0.15) is 16.8 Å². The van der Waals surface area contributed by atoms with E-state index in [0.717, 1.165) is 29.1 Å². The number of hydrogen-bond donors (Lipinski definition) is 1. The van der Waals surface area contributed by atoms with Crippen molar-refractivity contribution in [3.8, 4) is 0 Å². The molecule has 12 heteroatoms. The molecule has 0 bridgehead atoms. The third-order valence-electron chi connectivity index (χ3n) is 3.75. The van der Waals surface area contributed by atoms with Crippen molar-refractivity contribution in [1.29, 1.82) is 0 Å². The molecule has 1 amide bonds. The Morgan fingerprint density at radius 1 is 1.03 bits per heavy atom. The number of rotatable bonds is 5. The van der Waals surface area contributed by atoms with Crippen LogP contribution in [0.15, 0.2) is 48.9 Å². The van der Waals surface area contributed by atoms with Crippen molar-refractivity contribution < 1.29 is 31.1 Å². The lowest BCUT2D eigenvalue weighted by molar-refractivity contribution is -0.141. The van der Waals surface area contributed by atoms with Crippen LogP contribution in [0.2, 0.25) is 0 Å². The van der Waals surface area contributed by atoms with Crippen molar-refractivity contribution in [3.63, 3.8) is 0 Å². The first-order valence-electron chi connectivity index (χ1n) is 8.10. The molecule has 6 nitrogen and oxygen atoms in total. The Kier molecular flexibility index (Phi) is 5.36. The molecule has 2 aromatic heterocycles. The van der Waals surface area contributed by atoms with Crippen LogP contribution in [0.5, 0.6) is 0 Å². The first-order chi connectivity index (χ1) is 13.5. The summed E-state index contributed by atoms with van der Waals surface area (Å²) < 4.78 is 78.0. The Balaban J connectivity index is 1.60. The van der Waals surface area contributed by atoms with Crippen molar-refractivity contribution in [2.75, 3.05) is 5.32 Å². The van der Waals surface area contributed by atoms with Gasteiger partial charge in [0, 0.05) is 12.4 Å². The van der Waals surface area contributed by atoms with Gasteiger partial charge < -0.3 is 5.32 Å². The third kappa shape index (κ3) is 5.36. The highest BCUT2D eigenvalue weighted by atomic mass is 19.4. The lowest BCUT2D eigenvalue weighted by atomic mass is 10.1. The van der Waals surface area contributed by atoms with Gasteiger partial charge in [-0.15, -0.1) is 0 Å². The van der Waals surface area contributed by atoms with Gasteiger partial charge in [0.2, 0.25) is 5.91 Å². The standard InChI is InChI=1S/C17H13F6N5O/c18-16(19,20)12-3-1-2-11(6-12)8-28-9-13(7-24-28)25-15(29)10-27-5-4-14(26-27)17(21,22)23/h1-7,9H,8,10H2,(H,25,29). The second kappa shape index (κ2) is 7.60. The van der Waals surface area contributed by atoms with Crippen LogP contribution in [0.4, 0.5) is 32.0 Å². The summed E-state index contributed by atoms with van der Waals surface area (Å²) in [6, 6.07) is 5.49. The van der Waals surface area contributed by atoms with Crippen LogP contribution in [-0.2, 0) is 30.2 Å². The molecule has 0 unspecified atom stereocenters. The molecular weight excluding hydrogens is 404 g/mol. The molecule has 29 heavy (non-hydrogen) atoms. The fraction of sp³-hybridized carbons (Fsp3) is 0.235.